The van der Waals surface area contributed by atoms with Crippen LogP contribution in [0.2, 0.25) is 0 Å². The molecule has 0 N–H and O–H groups in total. The predicted molar refractivity (Wildman–Crippen MR) is 52.1 cm³/mol. The van der Waals surface area contributed by atoms with Gasteiger partial charge in [-0.1, -0.05) is 6.92 Å². The van der Waals surface area contributed by atoms with E-state index < -0.39 is 10.7 Å². The van der Waals surface area contributed by atoms with Gasteiger partial charge in [0, 0.05) is 30.5 Å². The molecule has 1 rings (SSSR count). The summed E-state index contributed by atoms with van der Waals surface area (Å²) in [4.78, 5) is 20.9. The molecule has 1 aromatic carbocycles. The molecular formula is C10H10FNO3. The number of halogens is 1. The van der Waals surface area contributed by atoms with E-state index in [-0.39, 0.29) is 23.5 Å². The second-order valence-corrected chi connectivity index (χ2v) is 3.10. The number of nitro benzene ring substituents is 1. The van der Waals surface area contributed by atoms with E-state index in [1.165, 1.54) is 0 Å². The molecule has 0 amide bonds. The average molecular weight is 211 g/mol. The molecule has 1 aromatic rings. The molecule has 4 nitrogen and oxygen atoms in total. The van der Waals surface area contributed by atoms with Crippen molar-refractivity contribution in [2.24, 2.45) is 0 Å². The third-order valence-electron chi connectivity index (χ3n) is 2.02. The lowest BCUT2D eigenvalue weighted by atomic mass is 10.1. The highest BCUT2D eigenvalue weighted by Crippen LogP contribution is 2.17. The number of hydrogen-bond acceptors (Lipinski definition) is 3. The van der Waals surface area contributed by atoms with E-state index in [1.807, 2.05) is 0 Å². The molecule has 15 heavy (non-hydrogen) atoms. The number of Topliss-reactive ketones (excluding diaryl/α,β-unsaturated/α-hetero) is 1. The van der Waals surface area contributed by atoms with Crippen LogP contribution in [0, 0.1) is 15.9 Å². The highest BCUT2D eigenvalue weighted by Gasteiger charge is 2.12. The smallest absolute Gasteiger partial charge is 0.269 e. The highest BCUT2D eigenvalue weighted by molar-refractivity contribution is 5.80. The second-order valence-electron chi connectivity index (χ2n) is 3.10. The van der Waals surface area contributed by atoms with Gasteiger partial charge in [0.15, 0.2) is 0 Å². The monoisotopic (exact) mass is 211 g/mol. The molecule has 0 aliphatic heterocycles. The van der Waals surface area contributed by atoms with Gasteiger partial charge >= 0.3 is 0 Å². The number of benzene rings is 1. The molecule has 0 atom stereocenters. The summed E-state index contributed by atoms with van der Waals surface area (Å²) >= 11 is 0. The van der Waals surface area contributed by atoms with Crippen molar-refractivity contribution in [2.45, 2.75) is 19.8 Å². The van der Waals surface area contributed by atoms with Crippen LogP contribution in [-0.4, -0.2) is 10.7 Å². The first kappa shape index (κ1) is 11.3. The maximum Gasteiger partial charge on any atom is 0.269 e. The van der Waals surface area contributed by atoms with E-state index in [0.717, 1.165) is 18.2 Å². The van der Waals surface area contributed by atoms with Gasteiger partial charge in [0.1, 0.15) is 11.6 Å². The Bertz CT molecular complexity index is 404. The maximum absolute atomic E-state index is 13.2. The van der Waals surface area contributed by atoms with Crippen LogP contribution in [0.25, 0.3) is 0 Å². The largest absolute Gasteiger partial charge is 0.299 e. The minimum Gasteiger partial charge on any atom is -0.299 e. The Kier molecular flexibility index (Phi) is 3.49. The van der Waals surface area contributed by atoms with Crippen molar-refractivity contribution >= 4 is 11.5 Å². The molecule has 80 valence electrons. The van der Waals surface area contributed by atoms with Gasteiger partial charge in [0.25, 0.3) is 5.69 Å². The SMILES string of the molecule is CCC(=O)Cc1cc([N+](=O)[O-])ccc1F. The van der Waals surface area contributed by atoms with Crippen LogP contribution in [-0.2, 0) is 11.2 Å². The lowest BCUT2D eigenvalue weighted by molar-refractivity contribution is -0.385. The van der Waals surface area contributed by atoms with E-state index in [9.17, 15) is 19.3 Å². The average Bonchev–Trinajstić information content (AvgIpc) is 2.20. The van der Waals surface area contributed by atoms with Gasteiger partial charge in [-0.05, 0) is 6.07 Å². The van der Waals surface area contributed by atoms with Crippen molar-refractivity contribution in [3.8, 4) is 0 Å². The first-order valence-corrected chi connectivity index (χ1v) is 4.49. The minimum atomic E-state index is -0.612. The lowest BCUT2D eigenvalue weighted by Gasteiger charge is -2.01. The summed E-state index contributed by atoms with van der Waals surface area (Å²) in [5, 5.41) is 10.4. The Hall–Kier alpha value is -1.78. The minimum absolute atomic E-state index is 0.0797. The number of nitrogens with zero attached hydrogens (tertiary/aromatic N) is 1. The van der Waals surface area contributed by atoms with Crippen molar-refractivity contribution in [3.05, 3.63) is 39.7 Å². The Labute approximate surface area is 85.9 Å². The zero-order valence-corrected chi connectivity index (χ0v) is 8.20. The van der Waals surface area contributed by atoms with Crippen molar-refractivity contribution in [2.75, 3.05) is 0 Å². The molecule has 5 heteroatoms. The van der Waals surface area contributed by atoms with Gasteiger partial charge in [-0.2, -0.15) is 0 Å². The Morgan fingerprint density at radius 3 is 2.73 bits per heavy atom. The fourth-order valence-corrected chi connectivity index (χ4v) is 1.15. The van der Waals surface area contributed by atoms with Crippen LogP contribution in [0.4, 0.5) is 10.1 Å². The summed E-state index contributed by atoms with van der Waals surface area (Å²) in [5.41, 5.74) is -0.119. The van der Waals surface area contributed by atoms with Crippen molar-refractivity contribution < 1.29 is 14.1 Å². The number of carbonyl (C=O) groups excluding carboxylic acids is 1. The summed E-state index contributed by atoms with van der Waals surface area (Å²) in [5.74, 6) is -0.725. The Balaban J connectivity index is 3.00. The number of hydrogen-bond donors (Lipinski definition) is 0. The first-order valence-electron chi connectivity index (χ1n) is 4.49. The third kappa shape index (κ3) is 2.83. The van der Waals surface area contributed by atoms with Gasteiger partial charge in [-0.3, -0.25) is 14.9 Å². The number of nitro groups is 1. The van der Waals surface area contributed by atoms with Crippen LogP contribution in [0.5, 0.6) is 0 Å². The molecule has 0 spiro atoms. The predicted octanol–water partition coefficient (Wildman–Crippen LogP) is 2.26. The first-order chi connectivity index (χ1) is 7.04. The zero-order chi connectivity index (χ0) is 11.4. The van der Waals surface area contributed by atoms with Gasteiger partial charge in [0.2, 0.25) is 0 Å². The summed E-state index contributed by atoms with van der Waals surface area (Å²) in [7, 11) is 0. The molecule has 0 aliphatic rings. The van der Waals surface area contributed by atoms with Crippen molar-refractivity contribution in [1.29, 1.82) is 0 Å². The van der Waals surface area contributed by atoms with Gasteiger partial charge in [0.05, 0.1) is 4.92 Å². The van der Waals surface area contributed by atoms with Gasteiger partial charge in [-0.25, -0.2) is 4.39 Å². The van der Waals surface area contributed by atoms with Crippen molar-refractivity contribution in [1.82, 2.24) is 0 Å². The van der Waals surface area contributed by atoms with Gasteiger partial charge < -0.3 is 0 Å². The highest BCUT2D eigenvalue weighted by atomic mass is 19.1. The maximum atomic E-state index is 13.2. The van der Waals surface area contributed by atoms with E-state index in [0.29, 0.717) is 6.42 Å². The fourth-order valence-electron chi connectivity index (χ4n) is 1.15. The zero-order valence-electron chi connectivity index (χ0n) is 8.20. The second kappa shape index (κ2) is 4.63. The van der Waals surface area contributed by atoms with Crippen LogP contribution >= 0.6 is 0 Å². The Morgan fingerprint density at radius 2 is 2.20 bits per heavy atom. The van der Waals surface area contributed by atoms with Crippen LogP contribution in [0.1, 0.15) is 18.9 Å². The van der Waals surface area contributed by atoms with E-state index in [1.54, 1.807) is 6.92 Å². The standard InChI is InChI=1S/C10H10FNO3/c1-2-9(13)6-7-5-8(12(14)15)3-4-10(7)11/h3-5H,2,6H2,1H3. The van der Waals surface area contributed by atoms with Crippen LogP contribution < -0.4 is 0 Å². The summed E-state index contributed by atoms with van der Waals surface area (Å²) in [6.45, 7) is 1.66. The molecule has 0 saturated heterocycles. The number of ketones is 1. The molecule has 0 heterocycles. The van der Waals surface area contributed by atoms with Crippen LogP contribution in [0.3, 0.4) is 0 Å². The lowest BCUT2D eigenvalue weighted by Crippen LogP contribution is -2.03. The molecule has 0 unspecified atom stereocenters. The van der Waals surface area contributed by atoms with E-state index in [2.05, 4.69) is 0 Å². The molecule has 0 aromatic heterocycles. The molecule has 0 fully saturated rings. The molecule has 0 bridgehead atoms. The van der Waals surface area contributed by atoms with E-state index in [4.69, 9.17) is 0 Å². The number of non-ortho nitro benzene ring substituents is 1. The van der Waals surface area contributed by atoms with Crippen LogP contribution in [0.15, 0.2) is 18.2 Å². The number of rotatable bonds is 4. The van der Waals surface area contributed by atoms with E-state index >= 15 is 0 Å². The molecule has 0 radical (unpaired) electrons. The summed E-state index contributed by atoms with van der Waals surface area (Å²) < 4.78 is 13.2. The normalized spacial score (nSPS) is 10.0. The molecular weight excluding hydrogens is 201 g/mol. The summed E-state index contributed by atoms with van der Waals surface area (Å²) in [6.07, 6.45) is 0.201. The van der Waals surface area contributed by atoms with Gasteiger partial charge in [-0.15, -0.1) is 0 Å². The number of carbonyl (C=O) groups is 1. The summed E-state index contributed by atoms with van der Waals surface area (Å²) in [6, 6.07) is 3.19. The fraction of sp³-hybridized carbons (Fsp3) is 0.300. The molecule has 0 saturated carbocycles. The molecule has 0 aliphatic carbocycles. The quantitative estimate of drug-likeness (QED) is 0.566. The third-order valence-corrected chi connectivity index (χ3v) is 2.02. The van der Waals surface area contributed by atoms with Crippen molar-refractivity contribution in [3.63, 3.8) is 0 Å². The topological polar surface area (TPSA) is 60.2 Å². The Morgan fingerprint density at radius 1 is 1.53 bits per heavy atom.